The molecule has 1 amide bonds. The van der Waals surface area contributed by atoms with Gasteiger partial charge in [-0.25, -0.2) is 4.79 Å². The molecule has 1 heterocycles. The van der Waals surface area contributed by atoms with Crippen LogP contribution in [0.2, 0.25) is 0 Å². The van der Waals surface area contributed by atoms with Crippen LogP contribution in [-0.4, -0.2) is 22.1 Å². The van der Waals surface area contributed by atoms with E-state index in [9.17, 15) is 9.59 Å². The molecule has 1 aromatic heterocycles. The van der Waals surface area contributed by atoms with Gasteiger partial charge in [-0.15, -0.1) is 0 Å². The summed E-state index contributed by atoms with van der Waals surface area (Å²) in [7, 11) is 0. The van der Waals surface area contributed by atoms with Gasteiger partial charge in [0.1, 0.15) is 6.10 Å². The van der Waals surface area contributed by atoms with Crippen molar-refractivity contribution in [3.63, 3.8) is 0 Å². The van der Waals surface area contributed by atoms with E-state index in [4.69, 9.17) is 9.52 Å². The van der Waals surface area contributed by atoms with Crippen LogP contribution in [0.4, 0.5) is 0 Å². The van der Waals surface area contributed by atoms with Crippen molar-refractivity contribution in [2.45, 2.75) is 19.6 Å². The minimum atomic E-state index is -1.04. The summed E-state index contributed by atoms with van der Waals surface area (Å²) < 4.78 is 4.89. The number of rotatable bonds is 3. The number of aliphatic hydroxyl groups is 1. The summed E-state index contributed by atoms with van der Waals surface area (Å²) in [6.07, 6.45) is -1.04. The van der Waals surface area contributed by atoms with Crippen LogP contribution in [0.3, 0.4) is 0 Å². The first kappa shape index (κ1) is 11.4. The minimum absolute atomic E-state index is 0.272. The Balaban J connectivity index is 2.14. The van der Waals surface area contributed by atoms with Gasteiger partial charge in [0.2, 0.25) is 5.91 Å². The van der Waals surface area contributed by atoms with E-state index in [1.54, 1.807) is 18.2 Å². The maximum absolute atomic E-state index is 11.1. The Hall–Kier alpha value is -2.08. The third-order valence-electron chi connectivity index (χ3n) is 2.33. The van der Waals surface area contributed by atoms with Crippen LogP contribution in [0.1, 0.15) is 12.5 Å². The molecule has 0 fully saturated rings. The molecule has 0 aliphatic carbocycles. The Morgan fingerprint density at radius 3 is 3.06 bits per heavy atom. The molecular formula is C11H12N2O4. The van der Waals surface area contributed by atoms with Gasteiger partial charge in [0.15, 0.2) is 5.58 Å². The zero-order valence-electron chi connectivity index (χ0n) is 9.19. The number of aromatic nitrogens is 1. The molecule has 6 heteroatoms. The molecule has 1 unspecified atom stereocenters. The van der Waals surface area contributed by atoms with Crippen LogP contribution in [0, 0.1) is 0 Å². The number of oxazole rings is 1. The largest absolute Gasteiger partial charge is 0.417 e. The standard InChI is InChI=1S/C11H12N2O4/c1-6(14)10(15)12-5-7-2-3-8-9(4-7)17-11(16)13-8/h2-4,6,14H,5H2,1H3,(H,12,15)(H,13,16). The van der Waals surface area contributed by atoms with Gasteiger partial charge in [0.25, 0.3) is 0 Å². The normalized spacial score (nSPS) is 12.6. The number of aliphatic hydroxyl groups excluding tert-OH is 1. The molecule has 1 atom stereocenters. The fourth-order valence-corrected chi connectivity index (χ4v) is 1.44. The summed E-state index contributed by atoms with van der Waals surface area (Å²) >= 11 is 0. The molecule has 0 spiro atoms. The van der Waals surface area contributed by atoms with Crippen LogP contribution < -0.4 is 11.1 Å². The topological polar surface area (TPSA) is 95.3 Å². The van der Waals surface area contributed by atoms with Crippen molar-refractivity contribution in [1.29, 1.82) is 0 Å². The fourth-order valence-electron chi connectivity index (χ4n) is 1.44. The first-order valence-corrected chi connectivity index (χ1v) is 5.14. The highest BCUT2D eigenvalue weighted by molar-refractivity contribution is 5.80. The first-order chi connectivity index (χ1) is 8.06. The Kier molecular flexibility index (Phi) is 2.97. The van der Waals surface area contributed by atoms with Crippen LogP contribution in [0.25, 0.3) is 11.1 Å². The third-order valence-corrected chi connectivity index (χ3v) is 2.33. The second-order valence-electron chi connectivity index (χ2n) is 3.74. The predicted octanol–water partition coefficient (Wildman–Crippen LogP) is 0.118. The summed E-state index contributed by atoms with van der Waals surface area (Å²) in [5.74, 6) is -0.953. The van der Waals surface area contributed by atoms with E-state index in [2.05, 4.69) is 10.3 Å². The van der Waals surface area contributed by atoms with Crippen molar-refractivity contribution in [3.8, 4) is 0 Å². The average molecular weight is 236 g/mol. The van der Waals surface area contributed by atoms with Crippen LogP contribution >= 0.6 is 0 Å². The average Bonchev–Trinajstić information content (AvgIpc) is 2.64. The molecule has 17 heavy (non-hydrogen) atoms. The molecule has 1 aromatic carbocycles. The van der Waals surface area contributed by atoms with E-state index >= 15 is 0 Å². The Morgan fingerprint density at radius 2 is 2.35 bits per heavy atom. The summed E-state index contributed by atoms with van der Waals surface area (Å²) in [5, 5.41) is 11.5. The molecule has 3 N–H and O–H groups in total. The number of aromatic amines is 1. The van der Waals surface area contributed by atoms with Gasteiger partial charge in [0.05, 0.1) is 5.52 Å². The third kappa shape index (κ3) is 2.54. The van der Waals surface area contributed by atoms with Gasteiger partial charge in [-0.2, -0.15) is 0 Å². The van der Waals surface area contributed by atoms with E-state index in [0.29, 0.717) is 11.1 Å². The van der Waals surface area contributed by atoms with Crippen molar-refractivity contribution in [1.82, 2.24) is 10.3 Å². The zero-order chi connectivity index (χ0) is 12.4. The van der Waals surface area contributed by atoms with E-state index in [-0.39, 0.29) is 6.54 Å². The number of carbonyl (C=O) groups excluding carboxylic acids is 1. The second-order valence-corrected chi connectivity index (χ2v) is 3.74. The minimum Gasteiger partial charge on any atom is -0.408 e. The number of hydrogen-bond donors (Lipinski definition) is 3. The van der Waals surface area contributed by atoms with Crippen LogP contribution in [0.5, 0.6) is 0 Å². The highest BCUT2D eigenvalue weighted by atomic mass is 16.4. The van der Waals surface area contributed by atoms with Crippen LogP contribution in [0.15, 0.2) is 27.4 Å². The monoisotopic (exact) mass is 236 g/mol. The smallest absolute Gasteiger partial charge is 0.408 e. The van der Waals surface area contributed by atoms with Crippen molar-refractivity contribution in [3.05, 3.63) is 34.3 Å². The maximum atomic E-state index is 11.1. The lowest BCUT2D eigenvalue weighted by atomic mass is 10.2. The number of H-pyrrole nitrogens is 1. The highest BCUT2D eigenvalue weighted by Gasteiger charge is 2.08. The van der Waals surface area contributed by atoms with E-state index in [1.165, 1.54) is 6.92 Å². The van der Waals surface area contributed by atoms with Gasteiger partial charge in [0, 0.05) is 6.54 Å². The number of carbonyl (C=O) groups is 1. The molecule has 0 aliphatic heterocycles. The van der Waals surface area contributed by atoms with Gasteiger partial charge in [-0.1, -0.05) is 6.07 Å². The SMILES string of the molecule is CC(O)C(=O)NCc1ccc2[nH]c(=O)oc2c1. The lowest BCUT2D eigenvalue weighted by Crippen LogP contribution is -2.31. The Morgan fingerprint density at radius 1 is 1.59 bits per heavy atom. The lowest BCUT2D eigenvalue weighted by Gasteiger charge is -2.06. The molecule has 0 radical (unpaired) electrons. The number of fused-ring (bicyclic) bond motifs is 1. The number of hydrogen-bond acceptors (Lipinski definition) is 4. The van der Waals surface area contributed by atoms with E-state index in [0.717, 1.165) is 5.56 Å². The molecule has 6 nitrogen and oxygen atoms in total. The lowest BCUT2D eigenvalue weighted by molar-refractivity contribution is -0.128. The zero-order valence-corrected chi connectivity index (χ0v) is 9.19. The molecule has 90 valence electrons. The Bertz CT molecular complexity index is 597. The number of amides is 1. The first-order valence-electron chi connectivity index (χ1n) is 5.14. The van der Waals surface area contributed by atoms with Crippen LogP contribution in [-0.2, 0) is 11.3 Å². The van der Waals surface area contributed by atoms with Gasteiger partial charge < -0.3 is 14.8 Å². The molecule has 2 rings (SSSR count). The summed E-state index contributed by atoms with van der Waals surface area (Å²) in [5.41, 5.74) is 1.84. The highest BCUT2D eigenvalue weighted by Crippen LogP contribution is 2.12. The predicted molar refractivity (Wildman–Crippen MR) is 60.4 cm³/mol. The van der Waals surface area contributed by atoms with Crippen molar-refractivity contribution < 1.29 is 14.3 Å². The second kappa shape index (κ2) is 4.42. The van der Waals surface area contributed by atoms with Crippen molar-refractivity contribution in [2.24, 2.45) is 0 Å². The molecular weight excluding hydrogens is 224 g/mol. The summed E-state index contributed by atoms with van der Waals surface area (Å²) in [6, 6.07) is 5.12. The van der Waals surface area contributed by atoms with Crippen molar-refractivity contribution in [2.75, 3.05) is 0 Å². The molecule has 0 saturated heterocycles. The molecule has 0 saturated carbocycles. The molecule has 2 aromatic rings. The molecule has 0 bridgehead atoms. The number of benzene rings is 1. The van der Waals surface area contributed by atoms with E-state index < -0.39 is 17.8 Å². The summed E-state index contributed by atoms with van der Waals surface area (Å²) in [4.78, 5) is 24.6. The summed E-state index contributed by atoms with van der Waals surface area (Å²) in [6.45, 7) is 1.66. The van der Waals surface area contributed by atoms with E-state index in [1.807, 2.05) is 0 Å². The van der Waals surface area contributed by atoms with Gasteiger partial charge >= 0.3 is 5.76 Å². The Labute approximate surface area is 96.3 Å². The molecule has 0 aliphatic rings. The number of nitrogens with one attached hydrogen (secondary N) is 2. The quantitative estimate of drug-likeness (QED) is 0.705. The van der Waals surface area contributed by atoms with Gasteiger partial charge in [-0.3, -0.25) is 9.78 Å². The van der Waals surface area contributed by atoms with Crippen molar-refractivity contribution >= 4 is 17.0 Å². The maximum Gasteiger partial charge on any atom is 0.417 e. The fraction of sp³-hybridized carbons (Fsp3) is 0.273. The van der Waals surface area contributed by atoms with Gasteiger partial charge in [-0.05, 0) is 24.6 Å².